The van der Waals surface area contributed by atoms with Crippen LogP contribution in [0, 0.1) is 20.8 Å². The smallest absolute Gasteiger partial charge is 0.236 e. The predicted molar refractivity (Wildman–Crippen MR) is 60.8 cm³/mol. The molecule has 0 radical (unpaired) electrons. The minimum Gasteiger partial charge on any atom is -0.508 e. The first kappa shape index (κ1) is 12.3. The van der Waals surface area contributed by atoms with Crippen LogP contribution in [-0.4, -0.2) is 13.5 Å². The molecule has 1 rings (SSSR count). The Morgan fingerprint density at radius 1 is 1.27 bits per heavy atom. The van der Waals surface area contributed by atoms with E-state index in [1.165, 1.54) is 0 Å². The molecule has 0 bridgehead atoms. The summed E-state index contributed by atoms with van der Waals surface area (Å²) in [4.78, 5) is 0. The van der Waals surface area contributed by atoms with Gasteiger partial charge in [0.15, 0.2) is 0 Å². The lowest BCUT2D eigenvalue weighted by molar-refractivity contribution is 0.469. The van der Waals surface area contributed by atoms with Gasteiger partial charge in [-0.15, -0.1) is 0 Å². The fourth-order valence-corrected chi connectivity index (χ4v) is 2.63. The van der Waals surface area contributed by atoms with E-state index in [9.17, 15) is 13.5 Å². The summed E-state index contributed by atoms with van der Waals surface area (Å²) in [5, 5.41) is 9.52. The molecule has 0 saturated heterocycles. The second-order valence-electron chi connectivity index (χ2n) is 3.62. The molecule has 1 aromatic carbocycles. The van der Waals surface area contributed by atoms with E-state index in [-0.39, 0.29) is 11.5 Å². The third-order valence-corrected chi connectivity index (χ3v) is 3.51. The zero-order valence-corrected chi connectivity index (χ0v) is 10.4. The number of hydrogen-bond donors (Lipinski definition) is 1. The topological polar surface area (TPSA) is 54.4 Å². The Labute approximate surface area is 94.1 Å². The first-order chi connectivity index (χ1) is 6.72. The Morgan fingerprint density at radius 2 is 1.80 bits per heavy atom. The van der Waals surface area contributed by atoms with Gasteiger partial charge < -0.3 is 5.11 Å². The zero-order valence-electron chi connectivity index (χ0n) is 8.83. The van der Waals surface area contributed by atoms with Crippen molar-refractivity contribution in [2.45, 2.75) is 26.5 Å². The van der Waals surface area contributed by atoms with E-state index in [4.69, 9.17) is 10.7 Å². The van der Waals surface area contributed by atoms with Crippen LogP contribution in [0.2, 0.25) is 0 Å². The van der Waals surface area contributed by atoms with Crippen molar-refractivity contribution >= 4 is 19.7 Å². The maximum Gasteiger partial charge on any atom is 0.236 e. The average molecular weight is 249 g/mol. The number of phenolic OH excluding ortho intramolecular Hbond substituents is 1. The van der Waals surface area contributed by atoms with Gasteiger partial charge in [0.25, 0.3) is 0 Å². The van der Waals surface area contributed by atoms with Gasteiger partial charge in [0, 0.05) is 10.7 Å². The van der Waals surface area contributed by atoms with Crippen molar-refractivity contribution in [2.75, 3.05) is 0 Å². The van der Waals surface area contributed by atoms with E-state index in [2.05, 4.69) is 0 Å². The molecule has 0 spiro atoms. The van der Waals surface area contributed by atoms with Crippen molar-refractivity contribution in [1.29, 1.82) is 0 Å². The van der Waals surface area contributed by atoms with Crippen LogP contribution < -0.4 is 0 Å². The SMILES string of the molecule is Cc1cc(O)c(C)c(C)c1CS(=O)(=O)Cl. The predicted octanol–water partition coefficient (Wildman–Crippen LogP) is 2.39. The molecule has 0 aliphatic rings. The standard InChI is InChI=1S/C10H13ClO3S/c1-6-4-10(12)8(3)7(2)9(6)5-15(11,13)14/h4,12H,5H2,1-3H3. The van der Waals surface area contributed by atoms with Crippen molar-refractivity contribution in [2.24, 2.45) is 0 Å². The lowest BCUT2D eigenvalue weighted by atomic mass is 9.99. The summed E-state index contributed by atoms with van der Waals surface area (Å²) in [5.41, 5.74) is 2.87. The molecule has 1 N–H and O–H groups in total. The molecular weight excluding hydrogens is 236 g/mol. The maximum absolute atomic E-state index is 11.0. The first-order valence-corrected chi connectivity index (χ1v) is 6.91. The quantitative estimate of drug-likeness (QED) is 0.818. The van der Waals surface area contributed by atoms with Crippen molar-refractivity contribution < 1.29 is 13.5 Å². The van der Waals surface area contributed by atoms with Crippen molar-refractivity contribution in [3.8, 4) is 5.75 Å². The van der Waals surface area contributed by atoms with E-state index in [0.717, 1.165) is 11.1 Å². The Morgan fingerprint density at radius 3 is 2.27 bits per heavy atom. The summed E-state index contributed by atoms with van der Waals surface area (Å²) >= 11 is 0. The molecule has 15 heavy (non-hydrogen) atoms. The molecule has 1 aromatic rings. The van der Waals surface area contributed by atoms with E-state index in [1.807, 2.05) is 0 Å². The van der Waals surface area contributed by atoms with Crippen LogP contribution in [0.4, 0.5) is 0 Å². The van der Waals surface area contributed by atoms with E-state index in [1.54, 1.807) is 26.8 Å². The van der Waals surface area contributed by atoms with Gasteiger partial charge in [-0.25, -0.2) is 8.42 Å². The van der Waals surface area contributed by atoms with Gasteiger partial charge >= 0.3 is 0 Å². The summed E-state index contributed by atoms with van der Waals surface area (Å²) in [6.45, 7) is 5.28. The second kappa shape index (κ2) is 4.02. The number of phenols is 1. The molecule has 0 fully saturated rings. The molecule has 0 unspecified atom stereocenters. The number of aryl methyl sites for hydroxylation is 1. The number of rotatable bonds is 2. The monoisotopic (exact) mass is 248 g/mol. The molecule has 0 aliphatic carbocycles. The van der Waals surface area contributed by atoms with Crippen LogP contribution in [0.5, 0.6) is 5.75 Å². The third kappa shape index (κ3) is 2.86. The highest BCUT2D eigenvalue weighted by Crippen LogP contribution is 2.28. The molecule has 0 aliphatic heterocycles. The minimum absolute atomic E-state index is 0.181. The average Bonchev–Trinajstić information content (AvgIpc) is 2.07. The van der Waals surface area contributed by atoms with E-state index < -0.39 is 9.05 Å². The Hall–Kier alpha value is -0.740. The highest BCUT2D eigenvalue weighted by Gasteiger charge is 2.15. The van der Waals surface area contributed by atoms with Crippen molar-refractivity contribution in [3.05, 3.63) is 28.3 Å². The summed E-state index contributed by atoms with van der Waals surface area (Å²) in [6, 6.07) is 1.56. The first-order valence-electron chi connectivity index (χ1n) is 4.43. The third-order valence-electron chi connectivity index (χ3n) is 2.55. The molecule has 0 saturated carbocycles. The highest BCUT2D eigenvalue weighted by molar-refractivity contribution is 8.13. The number of benzene rings is 1. The largest absolute Gasteiger partial charge is 0.508 e. The minimum atomic E-state index is -3.56. The number of aromatic hydroxyl groups is 1. The highest BCUT2D eigenvalue weighted by atomic mass is 35.7. The Bertz CT molecular complexity index is 492. The van der Waals surface area contributed by atoms with Gasteiger partial charge in [-0.1, -0.05) is 0 Å². The van der Waals surface area contributed by atoms with E-state index >= 15 is 0 Å². The second-order valence-corrected chi connectivity index (χ2v) is 6.40. The number of halogens is 1. The maximum atomic E-state index is 11.0. The molecule has 5 heteroatoms. The fraction of sp³-hybridized carbons (Fsp3) is 0.400. The molecular formula is C10H13ClO3S. The van der Waals surface area contributed by atoms with Crippen LogP contribution >= 0.6 is 10.7 Å². The lowest BCUT2D eigenvalue weighted by Crippen LogP contribution is -2.02. The molecule has 3 nitrogen and oxygen atoms in total. The molecule has 84 valence electrons. The summed E-state index contributed by atoms with van der Waals surface area (Å²) in [5.74, 6) is -0.0198. The Kier molecular flexibility index (Phi) is 3.31. The molecule has 0 aromatic heterocycles. The number of hydrogen-bond acceptors (Lipinski definition) is 3. The van der Waals surface area contributed by atoms with Crippen molar-refractivity contribution in [3.63, 3.8) is 0 Å². The summed E-state index contributed by atoms with van der Waals surface area (Å²) in [7, 11) is 1.65. The molecule has 0 amide bonds. The van der Waals surface area contributed by atoms with Gasteiger partial charge in [-0.05, 0) is 49.1 Å². The van der Waals surface area contributed by atoms with Crippen LogP contribution in [0.3, 0.4) is 0 Å². The van der Waals surface area contributed by atoms with Crippen LogP contribution in [0.15, 0.2) is 6.07 Å². The molecule has 0 heterocycles. The van der Waals surface area contributed by atoms with Crippen LogP contribution in [-0.2, 0) is 14.8 Å². The molecule has 0 atom stereocenters. The van der Waals surface area contributed by atoms with Gasteiger partial charge in [-0.2, -0.15) is 0 Å². The summed E-state index contributed by atoms with van der Waals surface area (Å²) < 4.78 is 22.0. The van der Waals surface area contributed by atoms with Gasteiger partial charge in [0.1, 0.15) is 5.75 Å². The lowest BCUT2D eigenvalue weighted by Gasteiger charge is -2.12. The fourth-order valence-electron chi connectivity index (χ4n) is 1.51. The summed E-state index contributed by atoms with van der Waals surface area (Å²) in [6.07, 6.45) is 0. The van der Waals surface area contributed by atoms with Crippen LogP contribution in [0.1, 0.15) is 22.3 Å². The van der Waals surface area contributed by atoms with Gasteiger partial charge in [0.2, 0.25) is 9.05 Å². The van der Waals surface area contributed by atoms with Gasteiger partial charge in [0.05, 0.1) is 5.75 Å². The van der Waals surface area contributed by atoms with E-state index in [0.29, 0.717) is 11.1 Å². The Balaban J connectivity index is 3.37. The van der Waals surface area contributed by atoms with Gasteiger partial charge in [-0.3, -0.25) is 0 Å². The van der Waals surface area contributed by atoms with Crippen molar-refractivity contribution in [1.82, 2.24) is 0 Å². The zero-order chi connectivity index (χ0) is 11.8. The normalized spacial score (nSPS) is 11.7. The van der Waals surface area contributed by atoms with Crippen LogP contribution in [0.25, 0.3) is 0 Å².